The molecule has 20 heavy (non-hydrogen) atoms. The van der Waals surface area contributed by atoms with Gasteiger partial charge in [0.1, 0.15) is 0 Å². The molecule has 0 aliphatic heterocycles. The van der Waals surface area contributed by atoms with Gasteiger partial charge in [0.05, 0.1) is 0 Å². The van der Waals surface area contributed by atoms with Crippen molar-refractivity contribution >= 4 is 16.5 Å². The number of aryl methyl sites for hydroxylation is 1. The van der Waals surface area contributed by atoms with E-state index in [1.807, 2.05) is 12.1 Å². The van der Waals surface area contributed by atoms with Crippen molar-refractivity contribution in [1.29, 1.82) is 0 Å². The Hall–Kier alpha value is -2.32. The van der Waals surface area contributed by atoms with Crippen molar-refractivity contribution in [3.8, 4) is 11.1 Å². The Balaban J connectivity index is 2.31. The molecule has 2 nitrogen and oxygen atoms in total. The van der Waals surface area contributed by atoms with E-state index >= 15 is 0 Å². The normalized spacial score (nSPS) is 10.9. The second kappa shape index (κ2) is 4.99. The van der Waals surface area contributed by atoms with Gasteiger partial charge in [-0.05, 0) is 52.1 Å². The molecule has 0 atom stereocenters. The number of benzene rings is 3. The lowest BCUT2D eigenvalue weighted by Gasteiger charge is -2.11. The molecular weight excluding hydrogens is 244 g/mol. The lowest BCUT2D eigenvalue weighted by Crippen LogP contribution is -1.97. The summed E-state index contributed by atoms with van der Waals surface area (Å²) in [5, 5.41) is 2.44. The fraction of sp³-hybridized carbons (Fsp3) is 0.111. The number of hydrogen-bond acceptors (Lipinski definition) is 2. The van der Waals surface area contributed by atoms with E-state index in [9.17, 15) is 0 Å². The van der Waals surface area contributed by atoms with Crippen molar-refractivity contribution in [3.05, 3.63) is 65.7 Å². The van der Waals surface area contributed by atoms with Gasteiger partial charge in [0.25, 0.3) is 0 Å². The lowest BCUT2D eigenvalue weighted by atomic mass is 9.94. The Kier molecular flexibility index (Phi) is 3.17. The summed E-state index contributed by atoms with van der Waals surface area (Å²) in [6, 6.07) is 18.8. The van der Waals surface area contributed by atoms with Gasteiger partial charge < -0.3 is 11.5 Å². The fourth-order valence-electron chi connectivity index (χ4n) is 2.77. The smallest absolute Gasteiger partial charge is 0.0322 e. The predicted molar refractivity (Wildman–Crippen MR) is 86.4 cm³/mol. The second-order valence-electron chi connectivity index (χ2n) is 5.15. The number of fused-ring (bicyclic) bond motifs is 1. The number of hydrogen-bond donors (Lipinski definition) is 2. The summed E-state index contributed by atoms with van der Waals surface area (Å²) in [6.07, 6.45) is 0. The van der Waals surface area contributed by atoms with Crippen LogP contribution in [-0.4, -0.2) is 0 Å². The summed E-state index contributed by atoms with van der Waals surface area (Å²) in [5.74, 6) is 0. The first kappa shape index (κ1) is 12.7. The molecule has 0 saturated heterocycles. The van der Waals surface area contributed by atoms with Gasteiger partial charge in [0.2, 0.25) is 0 Å². The highest BCUT2D eigenvalue weighted by Crippen LogP contribution is 2.31. The molecule has 0 radical (unpaired) electrons. The summed E-state index contributed by atoms with van der Waals surface area (Å²) in [4.78, 5) is 0. The monoisotopic (exact) mass is 262 g/mol. The molecule has 3 aromatic carbocycles. The number of rotatable bonds is 2. The maximum atomic E-state index is 5.98. The van der Waals surface area contributed by atoms with Gasteiger partial charge in [0, 0.05) is 12.2 Å². The minimum Gasteiger partial charge on any atom is -0.399 e. The Labute approximate surface area is 119 Å². The SMILES string of the molecule is Cc1cc(N)cc(-c2cccc3c(CN)cccc23)c1. The van der Waals surface area contributed by atoms with Crippen LogP contribution in [0, 0.1) is 6.92 Å². The van der Waals surface area contributed by atoms with Crippen LogP contribution in [0.25, 0.3) is 21.9 Å². The molecule has 3 aromatic rings. The molecule has 0 aromatic heterocycles. The van der Waals surface area contributed by atoms with Gasteiger partial charge in [-0.1, -0.05) is 42.5 Å². The third-order valence-electron chi connectivity index (χ3n) is 3.64. The number of nitrogens with two attached hydrogens (primary N) is 2. The van der Waals surface area contributed by atoms with Crippen LogP contribution in [-0.2, 0) is 6.54 Å². The molecule has 4 N–H and O–H groups in total. The number of nitrogen functional groups attached to an aromatic ring is 1. The van der Waals surface area contributed by atoms with Gasteiger partial charge in [0.15, 0.2) is 0 Å². The molecule has 0 unspecified atom stereocenters. The third kappa shape index (κ3) is 2.15. The fourth-order valence-corrected chi connectivity index (χ4v) is 2.77. The summed E-state index contributed by atoms with van der Waals surface area (Å²) in [7, 11) is 0. The van der Waals surface area contributed by atoms with E-state index in [1.54, 1.807) is 0 Å². The molecule has 3 rings (SSSR count). The maximum Gasteiger partial charge on any atom is 0.0322 e. The number of anilines is 1. The molecule has 0 spiro atoms. The first-order valence-corrected chi connectivity index (χ1v) is 6.77. The summed E-state index contributed by atoms with van der Waals surface area (Å²) >= 11 is 0. The first-order valence-electron chi connectivity index (χ1n) is 6.77. The van der Waals surface area contributed by atoms with Gasteiger partial charge in [-0.25, -0.2) is 0 Å². The predicted octanol–water partition coefficient (Wildman–Crippen LogP) is 3.86. The average molecular weight is 262 g/mol. The molecule has 2 heteroatoms. The van der Waals surface area contributed by atoms with E-state index in [-0.39, 0.29) is 0 Å². The van der Waals surface area contributed by atoms with Crippen molar-refractivity contribution < 1.29 is 0 Å². The molecule has 0 heterocycles. The van der Waals surface area contributed by atoms with Crippen LogP contribution in [0.3, 0.4) is 0 Å². The van der Waals surface area contributed by atoms with Crippen LogP contribution >= 0.6 is 0 Å². The topological polar surface area (TPSA) is 52.0 Å². The van der Waals surface area contributed by atoms with Crippen LogP contribution in [0.15, 0.2) is 54.6 Å². The first-order chi connectivity index (χ1) is 9.69. The van der Waals surface area contributed by atoms with Gasteiger partial charge in [-0.3, -0.25) is 0 Å². The van der Waals surface area contributed by atoms with E-state index in [1.165, 1.54) is 27.5 Å². The molecule has 0 fully saturated rings. The summed E-state index contributed by atoms with van der Waals surface area (Å²) in [5.41, 5.74) is 17.3. The van der Waals surface area contributed by atoms with Crippen LogP contribution in [0.1, 0.15) is 11.1 Å². The van der Waals surface area contributed by atoms with Gasteiger partial charge in [-0.2, -0.15) is 0 Å². The highest BCUT2D eigenvalue weighted by Gasteiger charge is 2.07. The Morgan fingerprint density at radius 1 is 0.900 bits per heavy atom. The van der Waals surface area contributed by atoms with Crippen molar-refractivity contribution in [2.75, 3.05) is 5.73 Å². The Bertz CT molecular complexity index is 755. The van der Waals surface area contributed by atoms with Crippen molar-refractivity contribution in [1.82, 2.24) is 0 Å². The Morgan fingerprint density at radius 2 is 1.65 bits per heavy atom. The largest absolute Gasteiger partial charge is 0.399 e. The quantitative estimate of drug-likeness (QED) is 0.689. The third-order valence-corrected chi connectivity index (χ3v) is 3.64. The van der Waals surface area contributed by atoms with E-state index in [4.69, 9.17) is 11.5 Å². The van der Waals surface area contributed by atoms with Crippen LogP contribution in [0.5, 0.6) is 0 Å². The summed E-state index contributed by atoms with van der Waals surface area (Å²) < 4.78 is 0. The van der Waals surface area contributed by atoms with Crippen molar-refractivity contribution in [2.24, 2.45) is 5.73 Å². The zero-order valence-electron chi connectivity index (χ0n) is 11.6. The molecule has 0 saturated carbocycles. The Morgan fingerprint density at radius 3 is 2.40 bits per heavy atom. The van der Waals surface area contributed by atoms with Crippen molar-refractivity contribution in [2.45, 2.75) is 13.5 Å². The van der Waals surface area contributed by atoms with E-state index in [0.29, 0.717) is 6.54 Å². The zero-order valence-corrected chi connectivity index (χ0v) is 11.6. The van der Waals surface area contributed by atoms with Crippen LogP contribution < -0.4 is 11.5 Å². The summed E-state index contributed by atoms with van der Waals surface area (Å²) in [6.45, 7) is 2.62. The molecule has 0 aliphatic carbocycles. The minimum atomic E-state index is 0.552. The van der Waals surface area contributed by atoms with E-state index < -0.39 is 0 Å². The highest BCUT2D eigenvalue weighted by molar-refractivity contribution is 5.98. The molecule has 0 amide bonds. The van der Waals surface area contributed by atoms with Gasteiger partial charge in [-0.15, -0.1) is 0 Å². The second-order valence-corrected chi connectivity index (χ2v) is 5.15. The highest BCUT2D eigenvalue weighted by atomic mass is 14.5. The van der Waals surface area contributed by atoms with Gasteiger partial charge >= 0.3 is 0 Å². The van der Waals surface area contributed by atoms with E-state index in [2.05, 4.69) is 49.4 Å². The lowest BCUT2D eigenvalue weighted by molar-refractivity contribution is 1.09. The average Bonchev–Trinajstić information content (AvgIpc) is 2.45. The van der Waals surface area contributed by atoms with Crippen LogP contribution in [0.2, 0.25) is 0 Å². The standard InChI is InChI=1S/C18H18N2/c1-12-8-14(10-15(20)9-12)17-6-3-5-16-13(11-19)4-2-7-18(16)17/h2-10H,11,19-20H2,1H3. The van der Waals surface area contributed by atoms with Crippen molar-refractivity contribution in [3.63, 3.8) is 0 Å². The minimum absolute atomic E-state index is 0.552. The molecule has 0 aliphatic rings. The maximum absolute atomic E-state index is 5.98. The molecular formula is C18H18N2. The molecule has 100 valence electrons. The molecule has 0 bridgehead atoms. The van der Waals surface area contributed by atoms with Crippen LogP contribution in [0.4, 0.5) is 5.69 Å². The zero-order chi connectivity index (χ0) is 14.1. The van der Waals surface area contributed by atoms with E-state index in [0.717, 1.165) is 11.3 Å².